The molecule has 0 unspecified atom stereocenters. The standard InChI is InChI=1S/C6H11NO2Se/c1-2-3-10-4-5(7)6(8)9/h2-3,5H,4,7H2,1H3,(H,8,9)/b3-2-/t5-/m1/s1. The van der Waals surface area contributed by atoms with E-state index in [4.69, 9.17) is 10.8 Å². The Bertz CT molecular complexity index is 136. The number of hydrogen-bond donors (Lipinski definition) is 2. The van der Waals surface area contributed by atoms with Crippen LogP contribution in [0.25, 0.3) is 0 Å². The Labute approximate surface area is 66.5 Å². The minimum absolute atomic E-state index is 0.243. The van der Waals surface area contributed by atoms with E-state index in [0.29, 0.717) is 5.32 Å². The SMILES string of the molecule is C/C=C\[Se]C[C@@H](N)C(=O)O. The third-order valence-corrected chi connectivity index (χ3v) is 2.96. The van der Waals surface area contributed by atoms with Crippen LogP contribution in [0, 0.1) is 0 Å². The fraction of sp³-hybridized carbons (Fsp3) is 0.500. The first kappa shape index (κ1) is 9.69. The third-order valence-electron chi connectivity index (χ3n) is 0.825. The van der Waals surface area contributed by atoms with Gasteiger partial charge in [-0.15, -0.1) is 0 Å². The first-order chi connectivity index (χ1) is 4.68. The van der Waals surface area contributed by atoms with Gasteiger partial charge in [-0.3, -0.25) is 0 Å². The Balaban J connectivity index is 3.39. The predicted molar refractivity (Wildman–Crippen MR) is 41.0 cm³/mol. The van der Waals surface area contributed by atoms with Gasteiger partial charge >= 0.3 is 65.9 Å². The second-order valence-electron chi connectivity index (χ2n) is 1.75. The van der Waals surface area contributed by atoms with Crippen LogP contribution in [-0.4, -0.2) is 32.1 Å². The van der Waals surface area contributed by atoms with Crippen molar-refractivity contribution in [3.63, 3.8) is 0 Å². The molecule has 0 aromatic heterocycles. The summed E-state index contributed by atoms with van der Waals surface area (Å²) in [4.78, 5) is 12.1. The number of carboxylic acid groups (broad SMARTS) is 1. The van der Waals surface area contributed by atoms with Crippen molar-refractivity contribution in [3.05, 3.63) is 11.1 Å². The molecule has 0 fully saturated rings. The van der Waals surface area contributed by atoms with Crippen molar-refractivity contribution in [2.75, 3.05) is 0 Å². The van der Waals surface area contributed by atoms with Gasteiger partial charge in [-0.2, -0.15) is 0 Å². The van der Waals surface area contributed by atoms with Crippen LogP contribution in [-0.2, 0) is 4.79 Å². The Morgan fingerprint density at radius 1 is 1.90 bits per heavy atom. The molecule has 0 aliphatic heterocycles. The molecule has 0 bridgehead atoms. The van der Waals surface area contributed by atoms with Gasteiger partial charge in [-0.25, -0.2) is 0 Å². The summed E-state index contributed by atoms with van der Waals surface area (Å²) in [5.41, 5.74) is 5.24. The van der Waals surface area contributed by atoms with E-state index in [-0.39, 0.29) is 15.0 Å². The summed E-state index contributed by atoms with van der Waals surface area (Å²) in [7, 11) is 0. The number of carbonyl (C=O) groups is 1. The number of rotatable bonds is 4. The zero-order valence-electron chi connectivity index (χ0n) is 5.78. The van der Waals surface area contributed by atoms with Gasteiger partial charge in [0.15, 0.2) is 0 Å². The molecule has 3 nitrogen and oxygen atoms in total. The second-order valence-corrected chi connectivity index (χ2v) is 3.72. The maximum atomic E-state index is 10.2. The molecule has 10 heavy (non-hydrogen) atoms. The summed E-state index contributed by atoms with van der Waals surface area (Å²) in [6, 6.07) is -0.684. The van der Waals surface area contributed by atoms with Crippen LogP contribution in [0.4, 0.5) is 0 Å². The molecule has 0 aliphatic rings. The van der Waals surface area contributed by atoms with Crippen LogP contribution in [0.15, 0.2) is 11.1 Å². The molecule has 0 amide bonds. The van der Waals surface area contributed by atoms with Gasteiger partial charge in [0, 0.05) is 0 Å². The molecular weight excluding hydrogens is 197 g/mol. The Morgan fingerprint density at radius 2 is 2.50 bits per heavy atom. The molecule has 1 atom stereocenters. The van der Waals surface area contributed by atoms with Gasteiger partial charge < -0.3 is 0 Å². The van der Waals surface area contributed by atoms with Gasteiger partial charge in [-0.1, -0.05) is 0 Å². The van der Waals surface area contributed by atoms with Gasteiger partial charge in [0.05, 0.1) is 0 Å². The molecule has 0 aromatic carbocycles. The van der Waals surface area contributed by atoms with Gasteiger partial charge in [0.25, 0.3) is 0 Å². The van der Waals surface area contributed by atoms with Gasteiger partial charge in [-0.05, 0) is 0 Å². The number of nitrogens with two attached hydrogens (primary N) is 1. The van der Waals surface area contributed by atoms with Crippen LogP contribution in [0.2, 0.25) is 5.32 Å². The fourth-order valence-electron chi connectivity index (χ4n) is 0.327. The van der Waals surface area contributed by atoms with Crippen LogP contribution >= 0.6 is 0 Å². The van der Waals surface area contributed by atoms with E-state index in [1.807, 2.05) is 18.0 Å². The Hall–Kier alpha value is -0.311. The molecule has 0 aliphatic carbocycles. The molecule has 0 radical (unpaired) electrons. The van der Waals surface area contributed by atoms with Crippen molar-refractivity contribution in [3.8, 4) is 0 Å². The molecule has 0 saturated carbocycles. The van der Waals surface area contributed by atoms with E-state index in [1.54, 1.807) is 0 Å². The molecule has 58 valence electrons. The second kappa shape index (κ2) is 5.47. The molecule has 0 spiro atoms. The Kier molecular flexibility index (Phi) is 5.30. The summed E-state index contributed by atoms with van der Waals surface area (Å²) in [6.45, 7) is 1.91. The quantitative estimate of drug-likeness (QED) is 0.642. The number of allylic oxidation sites excluding steroid dienone is 1. The van der Waals surface area contributed by atoms with Crippen molar-refractivity contribution < 1.29 is 9.90 Å². The first-order valence-corrected chi connectivity index (χ1v) is 5.09. The minimum atomic E-state index is -0.911. The van der Waals surface area contributed by atoms with E-state index in [1.165, 1.54) is 0 Å². The number of hydrogen-bond acceptors (Lipinski definition) is 2. The predicted octanol–water partition coefficient (Wildman–Crippen LogP) is 0.0544. The van der Waals surface area contributed by atoms with Crippen molar-refractivity contribution in [2.24, 2.45) is 5.73 Å². The average Bonchev–Trinajstić information content (AvgIpc) is 1.88. The van der Waals surface area contributed by atoms with Crippen molar-refractivity contribution in [2.45, 2.75) is 18.3 Å². The van der Waals surface area contributed by atoms with Crippen LogP contribution in [0.5, 0.6) is 0 Å². The fourth-order valence-corrected chi connectivity index (χ4v) is 1.70. The van der Waals surface area contributed by atoms with Gasteiger partial charge in [0.2, 0.25) is 0 Å². The zero-order chi connectivity index (χ0) is 7.98. The van der Waals surface area contributed by atoms with Crippen LogP contribution < -0.4 is 5.73 Å². The molecule has 0 heterocycles. The summed E-state index contributed by atoms with van der Waals surface area (Å²) in [5.74, 6) is -0.911. The molecule has 3 N–H and O–H groups in total. The summed E-state index contributed by atoms with van der Waals surface area (Å²) < 4.78 is 0. The molecule has 0 saturated heterocycles. The summed E-state index contributed by atoms with van der Waals surface area (Å²) in [5, 5.41) is 8.92. The molecular formula is C6H11NO2Se. The van der Waals surface area contributed by atoms with E-state index < -0.39 is 12.0 Å². The maximum absolute atomic E-state index is 10.2. The van der Waals surface area contributed by atoms with E-state index in [9.17, 15) is 4.79 Å². The van der Waals surface area contributed by atoms with Crippen molar-refractivity contribution in [1.29, 1.82) is 0 Å². The first-order valence-electron chi connectivity index (χ1n) is 2.89. The number of carboxylic acids is 1. The Morgan fingerprint density at radius 3 is 2.90 bits per heavy atom. The van der Waals surface area contributed by atoms with Crippen LogP contribution in [0.3, 0.4) is 0 Å². The van der Waals surface area contributed by atoms with Gasteiger partial charge in [0.1, 0.15) is 0 Å². The zero-order valence-corrected chi connectivity index (χ0v) is 7.49. The summed E-state index contributed by atoms with van der Waals surface area (Å²) in [6.07, 6.45) is 1.91. The van der Waals surface area contributed by atoms with Crippen LogP contribution in [0.1, 0.15) is 6.92 Å². The number of aliphatic carboxylic acids is 1. The molecule has 0 rings (SSSR count). The topological polar surface area (TPSA) is 63.3 Å². The van der Waals surface area contributed by atoms with Crippen molar-refractivity contribution in [1.82, 2.24) is 0 Å². The van der Waals surface area contributed by atoms with E-state index in [0.717, 1.165) is 0 Å². The molecule has 4 heteroatoms. The normalized spacial score (nSPS) is 13.8. The van der Waals surface area contributed by atoms with E-state index in [2.05, 4.69) is 0 Å². The monoisotopic (exact) mass is 209 g/mol. The van der Waals surface area contributed by atoms with Crippen molar-refractivity contribution >= 4 is 20.9 Å². The third kappa shape index (κ3) is 4.56. The average molecular weight is 208 g/mol. The van der Waals surface area contributed by atoms with E-state index >= 15 is 0 Å². The molecule has 0 aromatic rings. The summed E-state index contributed by atoms with van der Waals surface area (Å²) >= 11 is 0.243.